The highest BCUT2D eigenvalue weighted by Gasteiger charge is 2.49. The summed E-state index contributed by atoms with van der Waals surface area (Å²) in [4.78, 5) is 12.4. The number of carboxylic acids is 1. The van der Waals surface area contributed by atoms with Crippen LogP contribution in [0.2, 0.25) is 0 Å². The highest BCUT2D eigenvalue weighted by molar-refractivity contribution is 5.69. The number of hydrogen-bond donors (Lipinski definition) is 1. The van der Waals surface area contributed by atoms with Gasteiger partial charge in [-0.15, -0.1) is 0 Å². The SMILES string of the molecule is CN(CC(=O)O)C1CCC2CC21. The molecule has 0 aromatic heterocycles. The van der Waals surface area contributed by atoms with Crippen molar-refractivity contribution in [3.05, 3.63) is 0 Å². The molecule has 0 aromatic carbocycles. The van der Waals surface area contributed by atoms with E-state index in [4.69, 9.17) is 5.11 Å². The lowest BCUT2D eigenvalue weighted by Gasteiger charge is -2.23. The summed E-state index contributed by atoms with van der Waals surface area (Å²) in [5.41, 5.74) is 0. The van der Waals surface area contributed by atoms with Gasteiger partial charge in [-0.05, 0) is 38.1 Å². The molecule has 1 N–H and O–H groups in total. The van der Waals surface area contributed by atoms with Gasteiger partial charge in [0.2, 0.25) is 0 Å². The van der Waals surface area contributed by atoms with E-state index in [1.165, 1.54) is 19.3 Å². The molecular weight excluding hydrogens is 154 g/mol. The molecule has 3 nitrogen and oxygen atoms in total. The minimum Gasteiger partial charge on any atom is -0.480 e. The molecule has 0 aliphatic heterocycles. The fourth-order valence-electron chi connectivity index (χ4n) is 2.55. The van der Waals surface area contributed by atoms with Gasteiger partial charge in [-0.25, -0.2) is 0 Å². The summed E-state index contributed by atoms with van der Waals surface area (Å²) in [6.45, 7) is 0.202. The van der Waals surface area contributed by atoms with Crippen LogP contribution < -0.4 is 0 Å². The Hall–Kier alpha value is -0.570. The van der Waals surface area contributed by atoms with Crippen LogP contribution >= 0.6 is 0 Å². The molecule has 2 aliphatic rings. The molecule has 12 heavy (non-hydrogen) atoms. The van der Waals surface area contributed by atoms with Gasteiger partial charge in [0.15, 0.2) is 0 Å². The molecule has 0 saturated heterocycles. The minimum absolute atomic E-state index is 0.202. The number of fused-ring (bicyclic) bond motifs is 1. The maximum Gasteiger partial charge on any atom is 0.317 e. The van der Waals surface area contributed by atoms with Gasteiger partial charge >= 0.3 is 5.97 Å². The second kappa shape index (κ2) is 2.73. The Morgan fingerprint density at radius 2 is 2.33 bits per heavy atom. The van der Waals surface area contributed by atoms with E-state index in [-0.39, 0.29) is 6.54 Å². The molecule has 0 radical (unpaired) electrons. The smallest absolute Gasteiger partial charge is 0.317 e. The number of nitrogens with zero attached hydrogens (tertiary/aromatic N) is 1. The Morgan fingerprint density at radius 3 is 2.75 bits per heavy atom. The van der Waals surface area contributed by atoms with Crippen molar-refractivity contribution in [2.75, 3.05) is 13.6 Å². The third-order valence-corrected chi connectivity index (χ3v) is 3.26. The van der Waals surface area contributed by atoms with Crippen molar-refractivity contribution < 1.29 is 9.90 Å². The molecule has 2 saturated carbocycles. The average Bonchev–Trinajstić information content (AvgIpc) is 2.61. The first-order chi connectivity index (χ1) is 5.68. The number of rotatable bonds is 3. The molecule has 3 heteroatoms. The van der Waals surface area contributed by atoms with E-state index in [2.05, 4.69) is 0 Å². The molecule has 0 spiro atoms. The second-order valence-electron chi connectivity index (χ2n) is 4.11. The first-order valence-corrected chi connectivity index (χ1v) is 4.60. The van der Waals surface area contributed by atoms with Crippen molar-refractivity contribution in [3.8, 4) is 0 Å². The summed E-state index contributed by atoms with van der Waals surface area (Å²) in [5, 5.41) is 8.60. The normalized spacial score (nSPS) is 38.3. The highest BCUT2D eigenvalue weighted by Crippen LogP contribution is 2.53. The topological polar surface area (TPSA) is 40.5 Å². The van der Waals surface area contributed by atoms with E-state index in [1.807, 2.05) is 11.9 Å². The average molecular weight is 169 g/mol. The van der Waals surface area contributed by atoms with Crippen molar-refractivity contribution in [1.82, 2.24) is 4.90 Å². The zero-order valence-electron chi connectivity index (χ0n) is 7.36. The van der Waals surface area contributed by atoms with Crippen LogP contribution in [0.1, 0.15) is 19.3 Å². The van der Waals surface area contributed by atoms with Crippen LogP contribution in [0.15, 0.2) is 0 Å². The molecule has 68 valence electrons. The lowest BCUT2D eigenvalue weighted by atomic mass is 10.1. The molecule has 2 rings (SSSR count). The molecule has 0 amide bonds. The largest absolute Gasteiger partial charge is 0.480 e. The van der Waals surface area contributed by atoms with Crippen LogP contribution in [0.4, 0.5) is 0 Å². The summed E-state index contributed by atoms with van der Waals surface area (Å²) in [6, 6.07) is 0.561. The first kappa shape index (κ1) is 8.05. The number of aliphatic carboxylic acids is 1. The van der Waals surface area contributed by atoms with Crippen LogP contribution in [-0.4, -0.2) is 35.6 Å². The zero-order valence-corrected chi connectivity index (χ0v) is 7.36. The van der Waals surface area contributed by atoms with Crippen LogP contribution in [0.5, 0.6) is 0 Å². The summed E-state index contributed by atoms with van der Waals surface area (Å²) in [6.07, 6.45) is 3.87. The van der Waals surface area contributed by atoms with Crippen LogP contribution in [-0.2, 0) is 4.79 Å². The summed E-state index contributed by atoms with van der Waals surface area (Å²) >= 11 is 0. The lowest BCUT2D eigenvalue weighted by Crippen LogP contribution is -2.35. The van der Waals surface area contributed by atoms with E-state index in [0.717, 1.165) is 11.8 Å². The van der Waals surface area contributed by atoms with E-state index < -0.39 is 5.97 Å². The fraction of sp³-hybridized carbons (Fsp3) is 0.889. The van der Waals surface area contributed by atoms with E-state index in [0.29, 0.717) is 6.04 Å². The molecule has 0 bridgehead atoms. The number of hydrogen-bond acceptors (Lipinski definition) is 2. The van der Waals surface area contributed by atoms with Gasteiger partial charge < -0.3 is 5.11 Å². The Kier molecular flexibility index (Phi) is 1.83. The number of carboxylic acid groups (broad SMARTS) is 1. The van der Waals surface area contributed by atoms with Crippen LogP contribution in [0, 0.1) is 11.8 Å². The molecule has 3 atom stereocenters. The van der Waals surface area contributed by atoms with Crippen LogP contribution in [0.25, 0.3) is 0 Å². The molecule has 3 unspecified atom stereocenters. The van der Waals surface area contributed by atoms with E-state index >= 15 is 0 Å². The molecule has 0 aromatic rings. The third-order valence-electron chi connectivity index (χ3n) is 3.26. The van der Waals surface area contributed by atoms with Gasteiger partial charge in [-0.2, -0.15) is 0 Å². The van der Waals surface area contributed by atoms with Gasteiger partial charge in [0.05, 0.1) is 6.54 Å². The van der Waals surface area contributed by atoms with Crippen molar-refractivity contribution in [3.63, 3.8) is 0 Å². The van der Waals surface area contributed by atoms with Crippen molar-refractivity contribution >= 4 is 5.97 Å². The Morgan fingerprint density at radius 1 is 1.58 bits per heavy atom. The lowest BCUT2D eigenvalue weighted by molar-refractivity contribution is -0.138. The predicted molar refractivity (Wildman–Crippen MR) is 44.9 cm³/mol. The Balaban J connectivity index is 1.87. The highest BCUT2D eigenvalue weighted by atomic mass is 16.4. The standard InChI is InChI=1S/C9H15NO2/c1-10(5-9(11)12)8-3-2-6-4-7(6)8/h6-8H,2-5H2,1H3,(H,11,12). The Bertz CT molecular complexity index is 205. The summed E-state index contributed by atoms with van der Waals surface area (Å²) in [7, 11) is 1.93. The van der Waals surface area contributed by atoms with Crippen LogP contribution in [0.3, 0.4) is 0 Å². The second-order valence-corrected chi connectivity index (χ2v) is 4.11. The quantitative estimate of drug-likeness (QED) is 0.679. The van der Waals surface area contributed by atoms with Crippen molar-refractivity contribution in [2.45, 2.75) is 25.3 Å². The minimum atomic E-state index is -0.707. The van der Waals surface area contributed by atoms with Gasteiger partial charge in [-0.1, -0.05) is 0 Å². The molecule has 2 aliphatic carbocycles. The van der Waals surface area contributed by atoms with Gasteiger partial charge in [0.25, 0.3) is 0 Å². The van der Waals surface area contributed by atoms with Gasteiger partial charge in [0.1, 0.15) is 0 Å². The molecule has 0 heterocycles. The van der Waals surface area contributed by atoms with Crippen molar-refractivity contribution in [2.24, 2.45) is 11.8 Å². The first-order valence-electron chi connectivity index (χ1n) is 4.60. The summed E-state index contributed by atoms with van der Waals surface area (Å²) < 4.78 is 0. The maximum absolute atomic E-state index is 10.4. The van der Waals surface area contributed by atoms with Gasteiger partial charge in [0, 0.05) is 6.04 Å². The van der Waals surface area contributed by atoms with E-state index in [1.54, 1.807) is 0 Å². The van der Waals surface area contributed by atoms with Gasteiger partial charge in [-0.3, -0.25) is 9.69 Å². The third kappa shape index (κ3) is 1.33. The predicted octanol–water partition coefficient (Wildman–Crippen LogP) is 0.801. The molecule has 2 fully saturated rings. The zero-order chi connectivity index (χ0) is 8.72. The van der Waals surface area contributed by atoms with E-state index in [9.17, 15) is 4.79 Å². The molecular formula is C9H15NO2. The monoisotopic (exact) mass is 169 g/mol. The van der Waals surface area contributed by atoms with Crippen molar-refractivity contribution in [1.29, 1.82) is 0 Å². The number of carbonyl (C=O) groups is 1. The number of likely N-dealkylation sites (N-methyl/N-ethyl adjacent to an activating group) is 1. The summed E-state index contributed by atoms with van der Waals surface area (Å²) in [5.74, 6) is 1.06. The fourth-order valence-corrected chi connectivity index (χ4v) is 2.55. The maximum atomic E-state index is 10.4. The Labute approximate surface area is 72.4 Å².